The van der Waals surface area contributed by atoms with Gasteiger partial charge in [0.05, 0.1) is 11.4 Å². The van der Waals surface area contributed by atoms with E-state index in [1.54, 1.807) is 36.0 Å². The minimum Gasteiger partial charge on any atom is -0.338 e. The van der Waals surface area contributed by atoms with E-state index in [0.717, 1.165) is 10.5 Å². The van der Waals surface area contributed by atoms with E-state index in [9.17, 15) is 8.42 Å². The van der Waals surface area contributed by atoms with Crippen molar-refractivity contribution < 1.29 is 12.9 Å². The monoisotopic (exact) mass is 417 g/mol. The topological polar surface area (TPSA) is 76.3 Å². The van der Waals surface area contributed by atoms with Gasteiger partial charge in [0, 0.05) is 17.5 Å². The Morgan fingerprint density at radius 3 is 2.29 bits per heavy atom. The number of hydrogen-bond donors (Lipinski definition) is 0. The summed E-state index contributed by atoms with van der Waals surface area (Å²) in [6, 6.07) is 14.7. The molecule has 0 radical (unpaired) electrons. The largest absolute Gasteiger partial charge is 0.338 e. The third-order valence-corrected chi connectivity index (χ3v) is 6.99. The van der Waals surface area contributed by atoms with Crippen molar-refractivity contribution in [1.82, 2.24) is 14.4 Å². The van der Waals surface area contributed by atoms with Crippen LogP contribution in [-0.2, 0) is 16.6 Å². The van der Waals surface area contributed by atoms with Gasteiger partial charge in [0.1, 0.15) is 0 Å². The Morgan fingerprint density at radius 2 is 1.71 bits per heavy atom. The van der Waals surface area contributed by atoms with Gasteiger partial charge in [0.2, 0.25) is 21.7 Å². The maximum absolute atomic E-state index is 12.7. The molecule has 0 fully saturated rings. The van der Waals surface area contributed by atoms with E-state index in [2.05, 4.69) is 24.0 Å². The van der Waals surface area contributed by atoms with Gasteiger partial charge in [-0.15, -0.1) is 11.8 Å². The molecular weight excluding hydrogens is 394 g/mol. The standard InChI is InChI=1S/C20H23N3O3S2/c1-14(2)15-5-7-16(8-6-15)20-21-19(26-22-20)13-23(3)28(24,25)18-11-9-17(27-4)10-12-18/h5-12,14H,13H2,1-4H3. The summed E-state index contributed by atoms with van der Waals surface area (Å²) in [5, 5.41) is 3.98. The molecule has 0 aliphatic rings. The lowest BCUT2D eigenvalue weighted by atomic mass is 10.0. The van der Waals surface area contributed by atoms with Gasteiger partial charge in [-0.25, -0.2) is 8.42 Å². The number of thioether (sulfide) groups is 1. The zero-order valence-electron chi connectivity index (χ0n) is 16.3. The fourth-order valence-electron chi connectivity index (χ4n) is 2.66. The summed E-state index contributed by atoms with van der Waals surface area (Å²) < 4.78 is 32.0. The highest BCUT2D eigenvalue weighted by Gasteiger charge is 2.23. The van der Waals surface area contributed by atoms with Gasteiger partial charge in [-0.2, -0.15) is 9.29 Å². The lowest BCUT2D eigenvalue weighted by molar-refractivity contribution is 0.337. The van der Waals surface area contributed by atoms with Crippen LogP contribution in [0.4, 0.5) is 0 Å². The first kappa shape index (κ1) is 20.6. The molecule has 0 N–H and O–H groups in total. The van der Waals surface area contributed by atoms with E-state index in [1.165, 1.54) is 16.9 Å². The fraction of sp³-hybridized carbons (Fsp3) is 0.300. The zero-order chi connectivity index (χ0) is 20.3. The Kier molecular flexibility index (Phi) is 6.22. The quantitative estimate of drug-likeness (QED) is 0.530. The highest BCUT2D eigenvalue weighted by atomic mass is 32.2. The van der Waals surface area contributed by atoms with Crippen LogP contribution in [0.2, 0.25) is 0 Å². The summed E-state index contributed by atoms with van der Waals surface area (Å²) in [5.74, 6) is 1.13. The number of sulfonamides is 1. The van der Waals surface area contributed by atoms with Crippen LogP contribution in [0, 0.1) is 0 Å². The van der Waals surface area contributed by atoms with Crippen LogP contribution < -0.4 is 0 Å². The second-order valence-electron chi connectivity index (χ2n) is 6.73. The molecule has 0 atom stereocenters. The SMILES string of the molecule is CSc1ccc(S(=O)(=O)N(C)Cc2nc(-c3ccc(C(C)C)cc3)no2)cc1. The van der Waals surface area contributed by atoms with Gasteiger partial charge in [-0.1, -0.05) is 43.3 Å². The molecule has 0 unspecified atom stereocenters. The van der Waals surface area contributed by atoms with Crippen molar-refractivity contribution in [2.75, 3.05) is 13.3 Å². The molecule has 2 aromatic carbocycles. The van der Waals surface area contributed by atoms with Crippen molar-refractivity contribution in [3.05, 3.63) is 60.0 Å². The van der Waals surface area contributed by atoms with Crippen LogP contribution in [-0.4, -0.2) is 36.2 Å². The van der Waals surface area contributed by atoms with Crippen molar-refractivity contribution in [1.29, 1.82) is 0 Å². The van der Waals surface area contributed by atoms with Crippen molar-refractivity contribution in [2.24, 2.45) is 0 Å². The summed E-state index contributed by atoms with van der Waals surface area (Å²) in [7, 11) is -2.14. The molecule has 8 heteroatoms. The van der Waals surface area contributed by atoms with Crippen molar-refractivity contribution >= 4 is 21.8 Å². The molecule has 0 spiro atoms. The van der Waals surface area contributed by atoms with E-state index >= 15 is 0 Å². The number of hydrogen-bond acceptors (Lipinski definition) is 6. The number of nitrogens with zero attached hydrogens (tertiary/aromatic N) is 3. The summed E-state index contributed by atoms with van der Waals surface area (Å²) in [6.07, 6.45) is 1.94. The molecule has 0 amide bonds. The number of benzene rings is 2. The highest BCUT2D eigenvalue weighted by Crippen LogP contribution is 2.23. The maximum atomic E-state index is 12.7. The Balaban J connectivity index is 1.74. The zero-order valence-corrected chi connectivity index (χ0v) is 17.9. The first-order valence-corrected chi connectivity index (χ1v) is 11.5. The average Bonchev–Trinajstić information content (AvgIpc) is 3.16. The molecule has 0 bridgehead atoms. The lowest BCUT2D eigenvalue weighted by Crippen LogP contribution is -2.26. The summed E-state index contributed by atoms with van der Waals surface area (Å²) in [4.78, 5) is 5.58. The van der Waals surface area contributed by atoms with E-state index < -0.39 is 10.0 Å². The molecule has 6 nitrogen and oxygen atoms in total. The van der Waals surface area contributed by atoms with Crippen LogP contribution in [0.3, 0.4) is 0 Å². The minimum absolute atomic E-state index is 0.00366. The molecule has 1 heterocycles. The van der Waals surface area contributed by atoms with Crippen LogP contribution in [0.25, 0.3) is 11.4 Å². The second-order valence-corrected chi connectivity index (χ2v) is 9.65. The van der Waals surface area contributed by atoms with Crippen LogP contribution in [0.15, 0.2) is 62.8 Å². The van der Waals surface area contributed by atoms with Crippen LogP contribution in [0.5, 0.6) is 0 Å². The first-order chi connectivity index (χ1) is 13.3. The number of aromatic nitrogens is 2. The van der Waals surface area contributed by atoms with Crippen molar-refractivity contribution in [2.45, 2.75) is 36.1 Å². The Morgan fingerprint density at radius 1 is 1.07 bits per heavy atom. The molecule has 28 heavy (non-hydrogen) atoms. The lowest BCUT2D eigenvalue weighted by Gasteiger charge is -2.15. The normalized spacial score (nSPS) is 12.1. The van der Waals surface area contributed by atoms with E-state index in [1.807, 2.05) is 30.5 Å². The Labute approximate surface area is 170 Å². The van der Waals surface area contributed by atoms with Crippen LogP contribution >= 0.6 is 11.8 Å². The number of rotatable bonds is 7. The molecular formula is C20H23N3O3S2. The molecule has 3 aromatic rings. The molecule has 0 saturated heterocycles. The van der Waals surface area contributed by atoms with E-state index in [0.29, 0.717) is 11.7 Å². The molecule has 0 aliphatic heterocycles. The van der Waals surface area contributed by atoms with Gasteiger partial charge < -0.3 is 4.52 Å². The van der Waals surface area contributed by atoms with Gasteiger partial charge in [0.25, 0.3) is 0 Å². The summed E-state index contributed by atoms with van der Waals surface area (Å²) in [6.45, 7) is 4.27. The summed E-state index contributed by atoms with van der Waals surface area (Å²) in [5.41, 5.74) is 2.06. The molecule has 148 valence electrons. The predicted octanol–water partition coefficient (Wildman–Crippen LogP) is 4.40. The van der Waals surface area contributed by atoms with E-state index in [-0.39, 0.29) is 17.3 Å². The highest BCUT2D eigenvalue weighted by molar-refractivity contribution is 7.98. The smallest absolute Gasteiger partial charge is 0.243 e. The minimum atomic E-state index is -3.64. The van der Waals surface area contributed by atoms with E-state index in [4.69, 9.17) is 4.52 Å². The van der Waals surface area contributed by atoms with Gasteiger partial charge >= 0.3 is 0 Å². The Hall–Kier alpha value is -2.16. The van der Waals surface area contributed by atoms with Gasteiger partial charge in [0.15, 0.2) is 0 Å². The van der Waals surface area contributed by atoms with Gasteiger partial charge in [-0.3, -0.25) is 0 Å². The second kappa shape index (κ2) is 8.46. The average molecular weight is 418 g/mol. The first-order valence-electron chi connectivity index (χ1n) is 8.84. The van der Waals surface area contributed by atoms with Gasteiger partial charge in [-0.05, 0) is 42.0 Å². The Bertz CT molecular complexity index is 1030. The molecule has 3 rings (SSSR count). The van der Waals surface area contributed by atoms with Crippen LogP contribution in [0.1, 0.15) is 31.2 Å². The van der Waals surface area contributed by atoms with Crippen molar-refractivity contribution in [3.8, 4) is 11.4 Å². The molecule has 0 aliphatic carbocycles. The fourth-order valence-corrected chi connectivity index (χ4v) is 4.19. The van der Waals surface area contributed by atoms with Crippen molar-refractivity contribution in [3.63, 3.8) is 0 Å². The predicted molar refractivity (Wildman–Crippen MR) is 111 cm³/mol. The molecule has 1 aromatic heterocycles. The third kappa shape index (κ3) is 4.45. The molecule has 0 saturated carbocycles. The summed E-state index contributed by atoms with van der Waals surface area (Å²) >= 11 is 1.56. The third-order valence-electron chi connectivity index (χ3n) is 4.43. The maximum Gasteiger partial charge on any atom is 0.243 e.